The van der Waals surface area contributed by atoms with Crippen LogP contribution < -0.4 is 0 Å². The number of carbonyl (C=O) groups is 1. The van der Waals surface area contributed by atoms with E-state index < -0.39 is 35.3 Å². The van der Waals surface area contributed by atoms with E-state index in [-0.39, 0.29) is 17.2 Å². The number of phenols is 1. The Kier molecular flexibility index (Phi) is 6.88. The Bertz CT molecular complexity index is 1020. The molecule has 7 nitrogen and oxygen atoms in total. The van der Waals surface area contributed by atoms with E-state index in [0.29, 0.717) is 43.3 Å². The van der Waals surface area contributed by atoms with Gasteiger partial charge in [-0.2, -0.15) is 18.3 Å². The number of aliphatic hydroxyl groups is 1. The van der Waals surface area contributed by atoms with Crippen LogP contribution in [0.25, 0.3) is 11.3 Å². The summed E-state index contributed by atoms with van der Waals surface area (Å²) in [4.78, 5) is 14.0. The predicted octanol–water partition coefficient (Wildman–Crippen LogP) is 4.86. The van der Waals surface area contributed by atoms with E-state index >= 15 is 0 Å². The number of piperidine rings is 1. The molecular weight excluding hydrogens is 439 g/mol. The molecule has 0 bridgehead atoms. The number of rotatable bonds is 3. The van der Waals surface area contributed by atoms with Crippen molar-refractivity contribution in [2.45, 2.75) is 58.4 Å². The third-order valence-corrected chi connectivity index (χ3v) is 5.44. The van der Waals surface area contributed by atoms with Gasteiger partial charge in [-0.1, -0.05) is 0 Å². The third-order valence-electron chi connectivity index (χ3n) is 5.44. The minimum atomic E-state index is -4.57. The number of aromatic nitrogens is 2. The van der Waals surface area contributed by atoms with Crippen LogP contribution in [0.2, 0.25) is 0 Å². The molecule has 1 aromatic heterocycles. The zero-order valence-electron chi connectivity index (χ0n) is 19.0. The van der Waals surface area contributed by atoms with E-state index in [4.69, 9.17) is 4.74 Å². The van der Waals surface area contributed by atoms with E-state index in [9.17, 15) is 28.2 Å². The fraction of sp³-hybridized carbons (Fsp3) is 0.522. The fourth-order valence-electron chi connectivity index (χ4n) is 3.83. The molecule has 180 valence electrons. The first-order valence-corrected chi connectivity index (χ1v) is 10.7. The van der Waals surface area contributed by atoms with Crippen molar-refractivity contribution >= 4 is 6.09 Å². The van der Waals surface area contributed by atoms with Gasteiger partial charge in [-0.05, 0) is 70.4 Å². The first kappa shape index (κ1) is 24.8. The van der Waals surface area contributed by atoms with Gasteiger partial charge in [-0.3, -0.25) is 0 Å². The van der Waals surface area contributed by atoms with Crippen LogP contribution in [0.15, 0.2) is 24.3 Å². The Balaban J connectivity index is 1.77. The number of phenolic OH excluding ortho intramolecular Hbond substituents is 1. The Morgan fingerprint density at radius 3 is 2.48 bits per heavy atom. The molecule has 1 saturated heterocycles. The summed E-state index contributed by atoms with van der Waals surface area (Å²) in [6.07, 6.45) is -4.61. The molecule has 3 rings (SSSR count). The second-order valence-corrected chi connectivity index (χ2v) is 9.30. The summed E-state index contributed by atoms with van der Waals surface area (Å²) in [5.41, 5.74) is -0.426. The molecule has 0 aliphatic carbocycles. The lowest BCUT2D eigenvalue weighted by atomic mass is 9.90. The number of hydrogen-bond acceptors (Lipinski definition) is 6. The molecule has 1 aliphatic heterocycles. The highest BCUT2D eigenvalue weighted by Crippen LogP contribution is 2.37. The molecule has 0 spiro atoms. The smallest absolute Gasteiger partial charge is 0.416 e. The van der Waals surface area contributed by atoms with Gasteiger partial charge in [0.15, 0.2) is 0 Å². The van der Waals surface area contributed by atoms with Gasteiger partial charge >= 0.3 is 12.3 Å². The number of benzene rings is 1. The van der Waals surface area contributed by atoms with Crippen molar-refractivity contribution in [2.75, 3.05) is 13.1 Å². The maximum atomic E-state index is 12.9. The standard InChI is InChI=1S/C23H28F3N3O4/c1-13-10-17(20(31)14-6-5-9-29(12-14)21(32)33-22(2,3)4)27-28-19(13)16-8-7-15(11-18(16)30)23(24,25)26/h7-8,10-11,14,20,30-31H,5-6,9,12H2,1-4H3/t14-,20?/m1/s1. The highest BCUT2D eigenvalue weighted by Gasteiger charge is 2.33. The quantitative estimate of drug-likeness (QED) is 0.670. The monoisotopic (exact) mass is 467 g/mol. The lowest BCUT2D eigenvalue weighted by Crippen LogP contribution is -2.44. The molecule has 2 atom stereocenters. The van der Waals surface area contributed by atoms with Crippen LogP contribution in [-0.4, -0.2) is 50.1 Å². The van der Waals surface area contributed by atoms with Crippen LogP contribution in [0.1, 0.15) is 56.5 Å². The van der Waals surface area contributed by atoms with Crippen molar-refractivity contribution in [3.8, 4) is 17.0 Å². The van der Waals surface area contributed by atoms with Crippen LogP contribution in [0.4, 0.5) is 18.0 Å². The highest BCUT2D eigenvalue weighted by atomic mass is 19.4. The minimum absolute atomic E-state index is 0.114. The molecule has 1 unspecified atom stereocenters. The summed E-state index contributed by atoms with van der Waals surface area (Å²) in [6, 6.07) is 4.25. The zero-order chi connectivity index (χ0) is 24.6. The Labute approximate surface area is 190 Å². The maximum Gasteiger partial charge on any atom is 0.416 e. The number of ether oxygens (including phenoxy) is 1. The summed E-state index contributed by atoms with van der Waals surface area (Å²) >= 11 is 0. The summed E-state index contributed by atoms with van der Waals surface area (Å²) in [6.45, 7) is 7.87. The van der Waals surface area contributed by atoms with Gasteiger partial charge in [0.1, 0.15) is 17.5 Å². The largest absolute Gasteiger partial charge is 0.507 e. The molecule has 2 aromatic rings. The number of carbonyl (C=O) groups excluding carboxylic acids is 1. The average molecular weight is 467 g/mol. The summed E-state index contributed by atoms with van der Waals surface area (Å²) in [7, 11) is 0. The molecular formula is C23H28F3N3O4. The third kappa shape index (κ3) is 5.93. The van der Waals surface area contributed by atoms with Crippen molar-refractivity contribution in [3.05, 3.63) is 41.1 Å². The minimum Gasteiger partial charge on any atom is -0.507 e. The van der Waals surface area contributed by atoms with Gasteiger partial charge in [0.25, 0.3) is 0 Å². The molecule has 33 heavy (non-hydrogen) atoms. The number of aryl methyl sites for hydroxylation is 1. The number of halogens is 3. The average Bonchev–Trinajstić information content (AvgIpc) is 2.71. The maximum absolute atomic E-state index is 12.9. The molecule has 2 heterocycles. The van der Waals surface area contributed by atoms with E-state index in [1.807, 2.05) is 0 Å². The molecule has 1 aromatic carbocycles. The predicted molar refractivity (Wildman–Crippen MR) is 114 cm³/mol. The number of alkyl halides is 3. The number of likely N-dealkylation sites (tertiary alicyclic amines) is 1. The number of aliphatic hydroxyl groups excluding tert-OH is 1. The lowest BCUT2D eigenvalue weighted by Gasteiger charge is -2.35. The second-order valence-electron chi connectivity index (χ2n) is 9.30. The normalized spacial score (nSPS) is 18.2. The SMILES string of the molecule is Cc1cc(C(O)[C@@H]2CCCN(C(=O)OC(C)(C)C)C2)nnc1-c1ccc(C(F)(F)F)cc1O. The summed E-state index contributed by atoms with van der Waals surface area (Å²) in [5, 5.41) is 29.1. The number of nitrogens with zero attached hydrogens (tertiary/aromatic N) is 3. The van der Waals surface area contributed by atoms with Gasteiger partial charge in [-0.25, -0.2) is 4.79 Å². The second kappa shape index (κ2) is 9.17. The molecule has 1 amide bonds. The van der Waals surface area contributed by atoms with Gasteiger partial charge in [0, 0.05) is 24.6 Å². The number of amides is 1. The van der Waals surface area contributed by atoms with E-state index in [1.54, 1.807) is 38.7 Å². The van der Waals surface area contributed by atoms with Crippen LogP contribution in [0.5, 0.6) is 5.75 Å². The topological polar surface area (TPSA) is 95.8 Å². The van der Waals surface area contributed by atoms with Gasteiger partial charge in [-0.15, -0.1) is 5.10 Å². The first-order chi connectivity index (χ1) is 15.3. The van der Waals surface area contributed by atoms with Crippen LogP contribution in [-0.2, 0) is 10.9 Å². The van der Waals surface area contributed by atoms with Crippen LogP contribution >= 0.6 is 0 Å². The van der Waals surface area contributed by atoms with Crippen molar-refractivity contribution in [3.63, 3.8) is 0 Å². The highest BCUT2D eigenvalue weighted by molar-refractivity contribution is 5.70. The van der Waals surface area contributed by atoms with E-state index in [2.05, 4.69) is 10.2 Å². The van der Waals surface area contributed by atoms with E-state index in [0.717, 1.165) is 12.1 Å². The lowest BCUT2D eigenvalue weighted by molar-refractivity contribution is -0.137. The first-order valence-electron chi connectivity index (χ1n) is 10.7. The fourth-order valence-corrected chi connectivity index (χ4v) is 3.83. The van der Waals surface area contributed by atoms with Crippen molar-refractivity contribution in [1.29, 1.82) is 0 Å². The summed E-state index contributed by atoms with van der Waals surface area (Å²) < 4.78 is 44.0. The molecule has 1 fully saturated rings. The molecule has 10 heteroatoms. The Morgan fingerprint density at radius 1 is 1.21 bits per heavy atom. The number of aromatic hydroxyl groups is 1. The van der Waals surface area contributed by atoms with E-state index in [1.165, 1.54) is 0 Å². The number of hydrogen-bond donors (Lipinski definition) is 2. The molecule has 0 radical (unpaired) electrons. The summed E-state index contributed by atoms with van der Waals surface area (Å²) in [5.74, 6) is -0.832. The van der Waals surface area contributed by atoms with Crippen LogP contribution in [0.3, 0.4) is 0 Å². The van der Waals surface area contributed by atoms with Crippen molar-refractivity contribution in [1.82, 2.24) is 15.1 Å². The molecule has 1 aliphatic rings. The van der Waals surface area contributed by atoms with Crippen molar-refractivity contribution < 1.29 is 32.9 Å². The van der Waals surface area contributed by atoms with Gasteiger partial charge < -0.3 is 19.8 Å². The van der Waals surface area contributed by atoms with Gasteiger partial charge in [0.2, 0.25) is 0 Å². The van der Waals surface area contributed by atoms with Crippen molar-refractivity contribution in [2.24, 2.45) is 5.92 Å². The Morgan fingerprint density at radius 2 is 1.91 bits per heavy atom. The molecule has 2 N–H and O–H groups in total. The van der Waals surface area contributed by atoms with Gasteiger partial charge in [0.05, 0.1) is 17.0 Å². The molecule has 0 saturated carbocycles. The van der Waals surface area contributed by atoms with Crippen LogP contribution in [0, 0.1) is 12.8 Å². The zero-order valence-corrected chi connectivity index (χ0v) is 19.0. The Hall–Kier alpha value is -2.88.